The maximum absolute atomic E-state index is 11.7. The van der Waals surface area contributed by atoms with Gasteiger partial charge in [-0.25, -0.2) is 0 Å². The number of carbonyl (C=O) groups excluding carboxylic acids is 1. The average Bonchev–Trinajstić information content (AvgIpc) is 2.73. The van der Waals surface area contributed by atoms with Crippen molar-refractivity contribution in [3.8, 4) is 0 Å². The summed E-state index contributed by atoms with van der Waals surface area (Å²) in [6.07, 6.45) is 5.21. The van der Waals surface area contributed by atoms with Crippen LogP contribution in [0.25, 0.3) is 0 Å². The van der Waals surface area contributed by atoms with Gasteiger partial charge in [-0.2, -0.15) is 0 Å². The van der Waals surface area contributed by atoms with E-state index in [2.05, 4.69) is 27.7 Å². The summed E-state index contributed by atoms with van der Waals surface area (Å²) in [5.74, 6) is 2.62. The molecule has 0 spiro atoms. The van der Waals surface area contributed by atoms with E-state index < -0.39 is 0 Å². The van der Waals surface area contributed by atoms with E-state index in [9.17, 15) is 4.79 Å². The van der Waals surface area contributed by atoms with Crippen LogP contribution in [0.2, 0.25) is 0 Å². The number of hydrogen-bond donors (Lipinski definition) is 0. The third-order valence-electron chi connectivity index (χ3n) is 5.98. The Morgan fingerprint density at radius 2 is 2.00 bits per heavy atom. The molecule has 3 rings (SSSR count). The van der Waals surface area contributed by atoms with Crippen molar-refractivity contribution in [3.63, 3.8) is 0 Å². The highest BCUT2D eigenvalue weighted by molar-refractivity contribution is 5.92. The number of hydrogen-bond acceptors (Lipinski definition) is 1. The van der Waals surface area contributed by atoms with Crippen LogP contribution in [-0.4, -0.2) is 5.78 Å². The molecule has 0 radical (unpaired) electrons. The van der Waals surface area contributed by atoms with E-state index in [0.29, 0.717) is 22.5 Å². The molecule has 0 amide bonds. The summed E-state index contributed by atoms with van der Waals surface area (Å²) in [5.41, 5.74) is 2.29. The summed E-state index contributed by atoms with van der Waals surface area (Å²) in [4.78, 5) is 11.7. The Balaban J connectivity index is 2.06. The molecule has 0 heterocycles. The van der Waals surface area contributed by atoms with Crippen LogP contribution in [0.15, 0.2) is 11.6 Å². The summed E-state index contributed by atoms with van der Waals surface area (Å²) in [7, 11) is 0. The van der Waals surface area contributed by atoms with Crippen molar-refractivity contribution in [1.29, 1.82) is 0 Å². The summed E-state index contributed by atoms with van der Waals surface area (Å²) in [6, 6.07) is 0. The molecule has 16 heavy (non-hydrogen) atoms. The monoisotopic (exact) mass is 218 g/mol. The fourth-order valence-electron chi connectivity index (χ4n) is 4.87. The zero-order chi connectivity index (χ0) is 11.7. The van der Waals surface area contributed by atoms with Gasteiger partial charge in [0.2, 0.25) is 0 Å². The van der Waals surface area contributed by atoms with E-state index in [4.69, 9.17) is 0 Å². The zero-order valence-corrected chi connectivity index (χ0v) is 10.8. The first kappa shape index (κ1) is 10.6. The van der Waals surface area contributed by atoms with Crippen molar-refractivity contribution in [2.75, 3.05) is 0 Å². The van der Waals surface area contributed by atoms with Gasteiger partial charge in [0.25, 0.3) is 0 Å². The Morgan fingerprint density at radius 1 is 1.31 bits per heavy atom. The lowest BCUT2D eigenvalue weighted by molar-refractivity contribution is -0.117. The second-order valence-electron chi connectivity index (χ2n) is 6.97. The van der Waals surface area contributed by atoms with Gasteiger partial charge in [0.15, 0.2) is 5.78 Å². The second-order valence-corrected chi connectivity index (χ2v) is 6.97. The molecule has 2 unspecified atom stereocenters. The molecule has 0 bridgehead atoms. The lowest BCUT2D eigenvalue weighted by Crippen LogP contribution is -2.38. The largest absolute Gasteiger partial charge is 0.295 e. The van der Waals surface area contributed by atoms with Crippen molar-refractivity contribution in [3.05, 3.63) is 11.6 Å². The fourth-order valence-corrected chi connectivity index (χ4v) is 4.87. The summed E-state index contributed by atoms with van der Waals surface area (Å²) in [5, 5.41) is 0. The van der Waals surface area contributed by atoms with Gasteiger partial charge in [-0.05, 0) is 47.5 Å². The van der Waals surface area contributed by atoms with E-state index in [1.807, 2.05) is 6.08 Å². The third-order valence-corrected chi connectivity index (χ3v) is 5.98. The van der Waals surface area contributed by atoms with Gasteiger partial charge in [0.05, 0.1) is 0 Å². The van der Waals surface area contributed by atoms with Crippen LogP contribution >= 0.6 is 0 Å². The fraction of sp³-hybridized carbons (Fsp3) is 0.800. The Hall–Kier alpha value is -0.590. The second kappa shape index (κ2) is 2.80. The minimum Gasteiger partial charge on any atom is -0.295 e. The Bertz CT molecular complexity index is 390. The first-order valence-electron chi connectivity index (χ1n) is 6.62. The summed E-state index contributed by atoms with van der Waals surface area (Å²) >= 11 is 0. The average molecular weight is 218 g/mol. The summed E-state index contributed by atoms with van der Waals surface area (Å²) < 4.78 is 0. The van der Waals surface area contributed by atoms with E-state index in [-0.39, 0.29) is 0 Å². The molecule has 0 aromatic heterocycles. The first-order valence-corrected chi connectivity index (χ1v) is 6.62. The van der Waals surface area contributed by atoms with Crippen molar-refractivity contribution < 1.29 is 4.79 Å². The Kier molecular flexibility index (Phi) is 1.85. The quantitative estimate of drug-likeness (QED) is 0.607. The minimum atomic E-state index is 0.320. The molecule has 3 aliphatic rings. The van der Waals surface area contributed by atoms with Crippen LogP contribution in [0.3, 0.4) is 0 Å². The number of rotatable bonds is 0. The molecule has 0 N–H and O–H groups in total. The third kappa shape index (κ3) is 1.05. The van der Waals surface area contributed by atoms with Gasteiger partial charge in [-0.3, -0.25) is 4.79 Å². The van der Waals surface area contributed by atoms with Gasteiger partial charge in [-0.1, -0.05) is 33.3 Å². The van der Waals surface area contributed by atoms with Crippen molar-refractivity contribution in [1.82, 2.24) is 0 Å². The van der Waals surface area contributed by atoms with Gasteiger partial charge in [0.1, 0.15) is 0 Å². The molecule has 0 saturated heterocycles. The maximum atomic E-state index is 11.7. The number of allylic oxidation sites excluding steroid dienone is 2. The van der Waals surface area contributed by atoms with Crippen LogP contribution in [0.1, 0.15) is 47.0 Å². The normalized spacial score (nSPS) is 49.1. The number of carbonyl (C=O) groups is 1. The molecule has 4 atom stereocenters. The molecular weight excluding hydrogens is 196 g/mol. The zero-order valence-electron chi connectivity index (χ0n) is 10.8. The molecular formula is C15H22O. The number of ketones is 1. The van der Waals surface area contributed by atoms with Crippen molar-refractivity contribution in [2.45, 2.75) is 47.0 Å². The van der Waals surface area contributed by atoms with Gasteiger partial charge in [0, 0.05) is 6.42 Å². The van der Waals surface area contributed by atoms with E-state index in [0.717, 1.165) is 24.7 Å². The van der Waals surface area contributed by atoms with Gasteiger partial charge in [-0.15, -0.1) is 0 Å². The van der Waals surface area contributed by atoms with Gasteiger partial charge < -0.3 is 0 Å². The molecule has 3 aliphatic carbocycles. The molecule has 0 aromatic carbocycles. The first-order chi connectivity index (χ1) is 7.38. The Labute approximate surface area is 98.3 Å². The molecule has 88 valence electrons. The highest BCUT2D eigenvalue weighted by atomic mass is 16.1. The van der Waals surface area contributed by atoms with Crippen LogP contribution in [0.4, 0.5) is 0 Å². The molecule has 2 saturated carbocycles. The maximum Gasteiger partial charge on any atom is 0.155 e. The lowest BCUT2D eigenvalue weighted by Gasteiger charge is -2.44. The molecule has 2 fully saturated rings. The standard InChI is InChI=1S/C15H22O/c1-9-7-11(16)8-10-5-6-12-13(14(12,2)3)15(9,10)4/h8-9,12-13H,5-7H2,1-4H3/t9?,12-,13+,15?/m1/s1. The van der Waals surface area contributed by atoms with Crippen molar-refractivity contribution in [2.24, 2.45) is 28.6 Å². The van der Waals surface area contributed by atoms with E-state index in [1.54, 1.807) is 0 Å². The van der Waals surface area contributed by atoms with Crippen molar-refractivity contribution >= 4 is 5.78 Å². The van der Waals surface area contributed by atoms with E-state index in [1.165, 1.54) is 12.0 Å². The number of fused-ring (bicyclic) bond motifs is 3. The topological polar surface area (TPSA) is 17.1 Å². The molecule has 0 aliphatic heterocycles. The predicted molar refractivity (Wildman–Crippen MR) is 65.0 cm³/mol. The molecule has 1 nitrogen and oxygen atoms in total. The smallest absolute Gasteiger partial charge is 0.155 e. The van der Waals surface area contributed by atoms with Crippen LogP contribution in [0, 0.1) is 28.6 Å². The molecule has 0 aromatic rings. The van der Waals surface area contributed by atoms with E-state index >= 15 is 0 Å². The predicted octanol–water partition coefficient (Wildman–Crippen LogP) is 3.59. The van der Waals surface area contributed by atoms with Crippen LogP contribution in [0.5, 0.6) is 0 Å². The Morgan fingerprint density at radius 3 is 2.69 bits per heavy atom. The van der Waals surface area contributed by atoms with Crippen LogP contribution < -0.4 is 0 Å². The van der Waals surface area contributed by atoms with Gasteiger partial charge >= 0.3 is 0 Å². The van der Waals surface area contributed by atoms with Crippen LogP contribution in [-0.2, 0) is 4.79 Å². The highest BCUT2D eigenvalue weighted by Gasteiger charge is 2.68. The molecule has 1 heteroatoms. The SMILES string of the molecule is CC1CC(=O)C=C2CC[C@@H]3[C@H](C21C)C3(C)C. The minimum absolute atomic E-state index is 0.320. The summed E-state index contributed by atoms with van der Waals surface area (Å²) in [6.45, 7) is 9.53. The lowest BCUT2D eigenvalue weighted by atomic mass is 9.59. The highest BCUT2D eigenvalue weighted by Crippen LogP contribution is 2.74.